The second kappa shape index (κ2) is 5.30. The fourth-order valence-corrected chi connectivity index (χ4v) is 2.16. The van der Waals surface area contributed by atoms with Crippen molar-refractivity contribution < 1.29 is 4.79 Å². The van der Waals surface area contributed by atoms with Crippen molar-refractivity contribution in [1.82, 2.24) is 20.5 Å². The summed E-state index contributed by atoms with van der Waals surface area (Å²) in [5.41, 5.74) is 1.90. The Morgan fingerprint density at radius 2 is 2.20 bits per heavy atom. The van der Waals surface area contributed by atoms with E-state index in [9.17, 15) is 4.79 Å². The first-order valence-electron chi connectivity index (χ1n) is 6.05. The summed E-state index contributed by atoms with van der Waals surface area (Å²) in [5.74, 6) is -0.265. The summed E-state index contributed by atoms with van der Waals surface area (Å²) >= 11 is 6.17. The molecule has 0 saturated heterocycles. The maximum Gasteiger partial charge on any atom is 0.270 e. The van der Waals surface area contributed by atoms with E-state index < -0.39 is 0 Å². The van der Waals surface area contributed by atoms with Gasteiger partial charge >= 0.3 is 0 Å². The van der Waals surface area contributed by atoms with Crippen molar-refractivity contribution in [2.75, 3.05) is 0 Å². The minimum Gasteiger partial charge on any atom is -0.347 e. The van der Waals surface area contributed by atoms with Gasteiger partial charge in [0.1, 0.15) is 5.69 Å². The minimum absolute atomic E-state index is 0.265. The van der Waals surface area contributed by atoms with Crippen LogP contribution in [0.25, 0.3) is 10.9 Å². The van der Waals surface area contributed by atoms with E-state index in [1.54, 1.807) is 18.5 Å². The molecule has 2 heterocycles. The molecule has 0 aliphatic carbocycles. The van der Waals surface area contributed by atoms with Gasteiger partial charge in [-0.05, 0) is 12.1 Å². The van der Waals surface area contributed by atoms with Gasteiger partial charge in [-0.2, -0.15) is 5.10 Å². The van der Waals surface area contributed by atoms with Crippen LogP contribution in [0.4, 0.5) is 0 Å². The number of hydrogen-bond acceptors (Lipinski definition) is 3. The second-order valence-electron chi connectivity index (χ2n) is 4.30. The number of pyridine rings is 1. The van der Waals surface area contributed by atoms with Gasteiger partial charge in [-0.1, -0.05) is 29.8 Å². The third-order valence-corrected chi connectivity index (χ3v) is 3.22. The van der Waals surface area contributed by atoms with Crippen molar-refractivity contribution in [3.8, 4) is 0 Å². The zero-order chi connectivity index (χ0) is 13.9. The lowest BCUT2D eigenvalue weighted by Gasteiger charge is -2.06. The SMILES string of the molecule is O=C(NCc1cn[nH]c1)c1cc(Cl)c2ccccc2n1. The van der Waals surface area contributed by atoms with Gasteiger partial charge in [0.05, 0.1) is 16.7 Å². The van der Waals surface area contributed by atoms with Gasteiger partial charge in [-0.3, -0.25) is 9.89 Å². The first-order valence-corrected chi connectivity index (χ1v) is 6.43. The van der Waals surface area contributed by atoms with Gasteiger partial charge in [0.2, 0.25) is 0 Å². The molecule has 0 spiro atoms. The fraction of sp³-hybridized carbons (Fsp3) is 0.0714. The number of H-pyrrole nitrogens is 1. The molecule has 6 heteroatoms. The Bertz CT molecular complexity index is 755. The number of carbonyl (C=O) groups excluding carboxylic acids is 1. The standard InChI is InChI=1S/C14H11ClN4O/c15-11-5-13(19-12-4-2-1-3-10(11)12)14(20)16-6-9-7-17-18-8-9/h1-5,7-8H,6H2,(H,16,20)(H,17,18). The molecule has 3 aromatic rings. The van der Waals surface area contributed by atoms with Crippen molar-refractivity contribution >= 4 is 28.4 Å². The summed E-state index contributed by atoms with van der Waals surface area (Å²) in [7, 11) is 0. The predicted octanol–water partition coefficient (Wildman–Crippen LogP) is 2.54. The minimum atomic E-state index is -0.265. The normalized spacial score (nSPS) is 10.7. The van der Waals surface area contributed by atoms with Gasteiger partial charge in [0, 0.05) is 23.7 Å². The van der Waals surface area contributed by atoms with Crippen molar-refractivity contribution in [3.05, 3.63) is 59.0 Å². The second-order valence-corrected chi connectivity index (χ2v) is 4.70. The summed E-state index contributed by atoms with van der Waals surface area (Å²) in [5, 5.41) is 10.6. The van der Waals surface area contributed by atoms with E-state index in [-0.39, 0.29) is 5.91 Å². The summed E-state index contributed by atoms with van der Waals surface area (Å²) in [6.45, 7) is 0.390. The number of rotatable bonds is 3. The van der Waals surface area contributed by atoms with Crippen LogP contribution in [0.2, 0.25) is 5.02 Å². The molecule has 0 saturated carbocycles. The molecule has 0 fully saturated rings. The Morgan fingerprint density at radius 3 is 3.00 bits per heavy atom. The third-order valence-electron chi connectivity index (χ3n) is 2.91. The van der Waals surface area contributed by atoms with Crippen molar-refractivity contribution in [1.29, 1.82) is 0 Å². The topological polar surface area (TPSA) is 70.7 Å². The Kier molecular flexibility index (Phi) is 3.35. The molecule has 0 unspecified atom stereocenters. The molecule has 0 atom stereocenters. The lowest BCUT2D eigenvalue weighted by molar-refractivity contribution is 0.0946. The first kappa shape index (κ1) is 12.6. The van der Waals surface area contributed by atoms with Crippen LogP contribution in [0.15, 0.2) is 42.7 Å². The first-order chi connectivity index (χ1) is 9.74. The Hall–Kier alpha value is -2.40. The number of para-hydroxylation sites is 1. The number of aromatic amines is 1. The van der Waals surface area contributed by atoms with Crippen molar-refractivity contribution in [3.63, 3.8) is 0 Å². The molecule has 0 aliphatic rings. The largest absolute Gasteiger partial charge is 0.347 e. The highest BCUT2D eigenvalue weighted by Crippen LogP contribution is 2.22. The number of benzene rings is 1. The number of hydrogen-bond donors (Lipinski definition) is 2. The molecule has 1 amide bonds. The number of fused-ring (bicyclic) bond motifs is 1. The average Bonchev–Trinajstić information content (AvgIpc) is 2.98. The Balaban J connectivity index is 1.84. The molecule has 2 aromatic heterocycles. The number of nitrogens with zero attached hydrogens (tertiary/aromatic N) is 2. The maximum absolute atomic E-state index is 12.1. The average molecular weight is 287 g/mol. The molecule has 0 aliphatic heterocycles. The number of carbonyl (C=O) groups is 1. The molecule has 5 nitrogen and oxygen atoms in total. The lowest BCUT2D eigenvalue weighted by atomic mass is 10.2. The van der Waals surface area contributed by atoms with E-state index in [0.29, 0.717) is 22.8 Å². The summed E-state index contributed by atoms with van der Waals surface area (Å²) in [6.07, 6.45) is 3.38. The highest BCUT2D eigenvalue weighted by atomic mass is 35.5. The van der Waals surface area contributed by atoms with Crippen LogP contribution in [-0.2, 0) is 6.54 Å². The molecule has 100 valence electrons. The van der Waals surface area contributed by atoms with Crippen molar-refractivity contribution in [2.24, 2.45) is 0 Å². The molecule has 0 radical (unpaired) electrons. The summed E-state index contributed by atoms with van der Waals surface area (Å²) in [6, 6.07) is 9.02. The molecule has 2 N–H and O–H groups in total. The van der Waals surface area contributed by atoms with E-state index in [1.807, 2.05) is 24.3 Å². The molecular weight excluding hydrogens is 276 g/mol. The number of nitrogens with one attached hydrogen (secondary N) is 2. The zero-order valence-electron chi connectivity index (χ0n) is 10.4. The van der Waals surface area contributed by atoms with Crippen LogP contribution < -0.4 is 5.32 Å². The van der Waals surface area contributed by atoms with Crippen LogP contribution in [0.5, 0.6) is 0 Å². The molecule has 20 heavy (non-hydrogen) atoms. The summed E-state index contributed by atoms with van der Waals surface area (Å²) in [4.78, 5) is 16.4. The molecule has 3 rings (SSSR count). The van der Waals surface area contributed by atoms with E-state index in [1.165, 1.54) is 0 Å². The van der Waals surface area contributed by atoms with Crippen LogP contribution in [0.3, 0.4) is 0 Å². The van der Waals surface area contributed by atoms with Crippen molar-refractivity contribution in [2.45, 2.75) is 6.54 Å². The van der Waals surface area contributed by atoms with Gasteiger partial charge in [-0.15, -0.1) is 0 Å². The fourth-order valence-electron chi connectivity index (χ4n) is 1.90. The summed E-state index contributed by atoms with van der Waals surface area (Å²) < 4.78 is 0. The third kappa shape index (κ3) is 2.48. The quantitative estimate of drug-likeness (QED) is 0.777. The van der Waals surface area contributed by atoms with Gasteiger partial charge in [-0.25, -0.2) is 4.98 Å². The van der Waals surface area contributed by atoms with Crippen LogP contribution >= 0.6 is 11.6 Å². The maximum atomic E-state index is 12.1. The highest BCUT2D eigenvalue weighted by Gasteiger charge is 2.11. The van der Waals surface area contributed by atoms with E-state index >= 15 is 0 Å². The zero-order valence-corrected chi connectivity index (χ0v) is 11.2. The Labute approximate surface area is 120 Å². The van der Waals surface area contributed by atoms with Crippen LogP contribution in [0.1, 0.15) is 16.1 Å². The molecule has 1 aromatic carbocycles. The molecular formula is C14H11ClN4O. The van der Waals surface area contributed by atoms with Crippen LogP contribution in [0, 0.1) is 0 Å². The van der Waals surface area contributed by atoms with Gasteiger partial charge < -0.3 is 5.32 Å². The Morgan fingerprint density at radius 1 is 1.35 bits per heavy atom. The highest BCUT2D eigenvalue weighted by molar-refractivity contribution is 6.35. The van der Waals surface area contributed by atoms with E-state index in [2.05, 4.69) is 20.5 Å². The monoisotopic (exact) mass is 286 g/mol. The molecule has 0 bridgehead atoms. The number of aromatic nitrogens is 3. The predicted molar refractivity (Wildman–Crippen MR) is 76.5 cm³/mol. The van der Waals surface area contributed by atoms with E-state index in [4.69, 9.17) is 11.6 Å². The van der Waals surface area contributed by atoms with Crippen LogP contribution in [-0.4, -0.2) is 21.1 Å². The van der Waals surface area contributed by atoms with E-state index in [0.717, 1.165) is 10.9 Å². The smallest absolute Gasteiger partial charge is 0.270 e. The van der Waals surface area contributed by atoms with Gasteiger partial charge in [0.25, 0.3) is 5.91 Å². The van der Waals surface area contributed by atoms with Gasteiger partial charge in [0.15, 0.2) is 0 Å². The number of halogens is 1. The number of amides is 1. The lowest BCUT2D eigenvalue weighted by Crippen LogP contribution is -2.23.